The minimum atomic E-state index is -0.430. The van der Waals surface area contributed by atoms with Crippen LogP contribution in [-0.4, -0.2) is 59.6 Å². The van der Waals surface area contributed by atoms with Gasteiger partial charge in [-0.05, 0) is 62.1 Å². The number of aromatic nitrogens is 2. The van der Waals surface area contributed by atoms with E-state index in [0.717, 1.165) is 28.7 Å². The van der Waals surface area contributed by atoms with Gasteiger partial charge in [-0.2, -0.15) is 5.10 Å². The summed E-state index contributed by atoms with van der Waals surface area (Å²) in [6.07, 6.45) is 0.885. The molecule has 0 aliphatic carbocycles. The molecule has 2 aromatic carbocycles. The molecule has 0 saturated heterocycles. The Labute approximate surface area is 205 Å². The summed E-state index contributed by atoms with van der Waals surface area (Å²) in [5.41, 5.74) is 5.05. The summed E-state index contributed by atoms with van der Waals surface area (Å²) in [4.78, 5) is 15.2. The van der Waals surface area contributed by atoms with Gasteiger partial charge in [0.25, 0.3) is 5.91 Å². The van der Waals surface area contributed by atoms with Crippen molar-refractivity contribution in [2.24, 2.45) is 0 Å². The van der Waals surface area contributed by atoms with Crippen molar-refractivity contribution in [1.29, 1.82) is 0 Å². The Morgan fingerprint density at radius 1 is 1.09 bits per heavy atom. The Kier molecular flexibility index (Phi) is 7.31. The molecule has 0 saturated carbocycles. The third kappa shape index (κ3) is 4.58. The number of carbonyl (C=O) groups excluding carboxylic acids is 1. The van der Waals surface area contributed by atoms with Gasteiger partial charge in [-0.15, -0.1) is 0 Å². The Bertz CT molecular complexity index is 1200. The number of aryl methyl sites for hydroxylation is 2. The van der Waals surface area contributed by atoms with Crippen molar-refractivity contribution in [3.8, 4) is 28.5 Å². The van der Waals surface area contributed by atoms with Gasteiger partial charge in [0.05, 0.1) is 25.9 Å². The number of hydrogen-bond donors (Lipinski definition) is 2. The third-order valence-corrected chi connectivity index (χ3v) is 6.14. The lowest BCUT2D eigenvalue weighted by atomic mass is 9.93. The monoisotopic (exact) mass is 479 g/mol. The quantitative estimate of drug-likeness (QED) is 0.434. The first-order chi connectivity index (χ1) is 16.9. The van der Waals surface area contributed by atoms with Gasteiger partial charge in [-0.1, -0.05) is 19.1 Å². The lowest BCUT2D eigenvalue weighted by Gasteiger charge is -2.27. The number of aromatic hydroxyl groups is 1. The van der Waals surface area contributed by atoms with E-state index in [4.69, 9.17) is 14.2 Å². The maximum absolute atomic E-state index is 13.5. The fourth-order valence-electron chi connectivity index (χ4n) is 4.70. The van der Waals surface area contributed by atoms with Crippen molar-refractivity contribution in [3.05, 3.63) is 58.3 Å². The van der Waals surface area contributed by atoms with Crippen LogP contribution >= 0.6 is 0 Å². The second-order valence-corrected chi connectivity index (χ2v) is 8.72. The number of hydrogen-bond acceptors (Lipinski definition) is 6. The minimum Gasteiger partial charge on any atom is -0.507 e. The maximum Gasteiger partial charge on any atom is 0.273 e. The molecular weight excluding hydrogens is 446 g/mol. The molecule has 1 aliphatic rings. The Morgan fingerprint density at radius 2 is 1.89 bits per heavy atom. The summed E-state index contributed by atoms with van der Waals surface area (Å²) in [5, 5.41) is 18.3. The topological polar surface area (TPSA) is 96.9 Å². The molecule has 2 heterocycles. The number of nitrogens with zero attached hydrogens (tertiary/aromatic N) is 2. The highest BCUT2D eigenvalue weighted by Crippen LogP contribution is 2.46. The van der Waals surface area contributed by atoms with E-state index in [1.54, 1.807) is 18.1 Å². The smallest absolute Gasteiger partial charge is 0.273 e. The maximum atomic E-state index is 13.5. The minimum absolute atomic E-state index is 0.136. The summed E-state index contributed by atoms with van der Waals surface area (Å²) in [5.74, 6) is 1.28. The van der Waals surface area contributed by atoms with E-state index >= 15 is 0 Å². The van der Waals surface area contributed by atoms with Gasteiger partial charge in [0, 0.05) is 24.8 Å². The number of phenolic OH excluding ortho intramolecular Hbond substituents is 1. The van der Waals surface area contributed by atoms with Crippen LogP contribution in [-0.2, 0) is 4.74 Å². The number of amides is 1. The number of rotatable bonds is 10. The number of methoxy groups -OCH3 is 1. The van der Waals surface area contributed by atoms with Crippen LogP contribution in [0.1, 0.15) is 59.1 Å². The van der Waals surface area contributed by atoms with Crippen LogP contribution in [0.25, 0.3) is 11.3 Å². The Hall–Kier alpha value is -3.52. The van der Waals surface area contributed by atoms with E-state index in [0.29, 0.717) is 54.8 Å². The molecule has 8 heteroatoms. The van der Waals surface area contributed by atoms with Crippen LogP contribution in [0.4, 0.5) is 0 Å². The molecule has 1 amide bonds. The van der Waals surface area contributed by atoms with E-state index in [9.17, 15) is 9.90 Å². The van der Waals surface area contributed by atoms with Gasteiger partial charge in [0.15, 0.2) is 11.5 Å². The number of H-pyrrole nitrogens is 1. The summed E-state index contributed by atoms with van der Waals surface area (Å²) in [7, 11) is 1.61. The van der Waals surface area contributed by atoms with Crippen LogP contribution in [0.15, 0.2) is 30.3 Å². The molecule has 8 nitrogen and oxygen atoms in total. The lowest BCUT2D eigenvalue weighted by Crippen LogP contribution is -2.32. The standard InChI is InChI=1S/C27H33N3O5/c1-6-11-35-20-9-8-18(15-21(20)34-7-2)26-23-24(22-17(4)13-16(3)14-19(22)31)28-29-25(23)27(32)30(26)10-12-33-5/h8-9,13-15,26,31H,6-7,10-12H2,1-5H3,(H,28,29). The van der Waals surface area contributed by atoms with Crippen LogP contribution in [0.3, 0.4) is 0 Å². The zero-order chi connectivity index (χ0) is 25.1. The molecule has 4 rings (SSSR count). The second-order valence-electron chi connectivity index (χ2n) is 8.72. The Balaban J connectivity index is 1.88. The predicted octanol–water partition coefficient (Wildman–Crippen LogP) is 4.78. The summed E-state index contributed by atoms with van der Waals surface area (Å²) in [6.45, 7) is 9.71. The van der Waals surface area contributed by atoms with Gasteiger partial charge in [0.1, 0.15) is 17.1 Å². The highest BCUT2D eigenvalue weighted by molar-refractivity contribution is 6.00. The number of ether oxygens (including phenoxy) is 3. The molecule has 0 radical (unpaired) electrons. The van der Waals surface area contributed by atoms with Crippen molar-refractivity contribution in [2.75, 3.05) is 33.5 Å². The van der Waals surface area contributed by atoms with Crippen molar-refractivity contribution in [1.82, 2.24) is 15.1 Å². The molecule has 0 fully saturated rings. The number of phenols is 1. The molecule has 3 aromatic rings. The molecule has 1 atom stereocenters. The number of benzene rings is 2. The number of fused-ring (bicyclic) bond motifs is 1. The number of aromatic amines is 1. The molecule has 0 bridgehead atoms. The third-order valence-electron chi connectivity index (χ3n) is 6.14. The molecule has 1 unspecified atom stereocenters. The molecular formula is C27H33N3O5. The molecule has 35 heavy (non-hydrogen) atoms. The molecule has 186 valence electrons. The summed E-state index contributed by atoms with van der Waals surface area (Å²) < 4.78 is 17.1. The predicted molar refractivity (Wildman–Crippen MR) is 133 cm³/mol. The van der Waals surface area contributed by atoms with Crippen molar-refractivity contribution in [2.45, 2.75) is 40.2 Å². The SMILES string of the molecule is CCCOc1ccc(C2c3c(-c4c(C)cc(C)cc4O)n[nH]c3C(=O)N2CCOC)cc1OCC. The average molecular weight is 480 g/mol. The van der Waals surface area contributed by atoms with Crippen LogP contribution < -0.4 is 9.47 Å². The molecule has 1 aliphatic heterocycles. The van der Waals surface area contributed by atoms with Crippen molar-refractivity contribution in [3.63, 3.8) is 0 Å². The highest BCUT2D eigenvalue weighted by atomic mass is 16.5. The van der Waals surface area contributed by atoms with Gasteiger partial charge in [-0.25, -0.2) is 0 Å². The largest absolute Gasteiger partial charge is 0.507 e. The molecule has 0 spiro atoms. The van der Waals surface area contributed by atoms with Gasteiger partial charge >= 0.3 is 0 Å². The van der Waals surface area contributed by atoms with E-state index in [-0.39, 0.29) is 11.7 Å². The fourth-order valence-corrected chi connectivity index (χ4v) is 4.70. The second kappa shape index (κ2) is 10.4. The van der Waals surface area contributed by atoms with E-state index in [1.807, 2.05) is 45.0 Å². The van der Waals surface area contributed by atoms with Crippen LogP contribution in [0.2, 0.25) is 0 Å². The van der Waals surface area contributed by atoms with E-state index in [1.165, 1.54) is 0 Å². The summed E-state index contributed by atoms with van der Waals surface area (Å²) >= 11 is 0. The summed E-state index contributed by atoms with van der Waals surface area (Å²) in [6, 6.07) is 9.06. The van der Waals surface area contributed by atoms with Crippen LogP contribution in [0.5, 0.6) is 17.2 Å². The van der Waals surface area contributed by atoms with Crippen molar-refractivity contribution >= 4 is 5.91 Å². The molecule has 2 N–H and O–H groups in total. The zero-order valence-electron chi connectivity index (χ0n) is 21.0. The Morgan fingerprint density at radius 3 is 2.57 bits per heavy atom. The van der Waals surface area contributed by atoms with Gasteiger partial charge in [0.2, 0.25) is 0 Å². The number of carbonyl (C=O) groups is 1. The van der Waals surface area contributed by atoms with Gasteiger partial charge < -0.3 is 24.2 Å². The zero-order valence-corrected chi connectivity index (χ0v) is 21.0. The van der Waals surface area contributed by atoms with Crippen LogP contribution in [0, 0.1) is 13.8 Å². The first-order valence-electron chi connectivity index (χ1n) is 12.0. The molecule has 1 aromatic heterocycles. The lowest BCUT2D eigenvalue weighted by molar-refractivity contribution is 0.0677. The average Bonchev–Trinajstić information content (AvgIpc) is 3.35. The van der Waals surface area contributed by atoms with E-state index in [2.05, 4.69) is 17.1 Å². The first-order valence-corrected chi connectivity index (χ1v) is 12.0. The highest BCUT2D eigenvalue weighted by Gasteiger charge is 2.42. The first kappa shape index (κ1) is 24.6. The number of nitrogens with one attached hydrogen (secondary N) is 1. The van der Waals surface area contributed by atoms with E-state index < -0.39 is 6.04 Å². The van der Waals surface area contributed by atoms with Gasteiger partial charge in [-0.3, -0.25) is 9.89 Å². The normalized spacial score (nSPS) is 14.9. The fraction of sp³-hybridized carbons (Fsp3) is 0.407. The van der Waals surface area contributed by atoms with Crippen molar-refractivity contribution < 1.29 is 24.1 Å².